The fourth-order valence-electron chi connectivity index (χ4n) is 6.14. The molecule has 0 aromatic heterocycles. The van der Waals surface area contributed by atoms with Gasteiger partial charge in [-0.2, -0.15) is 0 Å². The minimum Gasteiger partial charge on any atom is -0.307 e. The van der Waals surface area contributed by atoms with E-state index in [1.165, 1.54) is 6.07 Å². The Bertz CT molecular complexity index is 1360. The van der Waals surface area contributed by atoms with Crippen LogP contribution in [0.1, 0.15) is 73.7 Å². The molecule has 7 nitrogen and oxygen atoms in total. The molecule has 0 atom stereocenters. The van der Waals surface area contributed by atoms with Crippen LogP contribution in [0.15, 0.2) is 47.4 Å². The third kappa shape index (κ3) is 4.60. The lowest BCUT2D eigenvalue weighted by atomic mass is 9.70. The first-order valence-corrected chi connectivity index (χ1v) is 15.8. The van der Waals surface area contributed by atoms with E-state index in [1.54, 1.807) is 29.2 Å². The molecule has 0 unspecified atom stereocenters. The average Bonchev–Trinajstić information content (AvgIpc) is 3.47. The van der Waals surface area contributed by atoms with E-state index in [1.807, 2.05) is 12.1 Å². The maximum absolute atomic E-state index is 13.8. The number of hydrogen-bond donors (Lipinski definition) is 1. The van der Waals surface area contributed by atoms with Gasteiger partial charge in [-0.05, 0) is 67.6 Å². The molecule has 0 bridgehead atoms. The van der Waals surface area contributed by atoms with E-state index in [2.05, 4.69) is 4.72 Å². The summed E-state index contributed by atoms with van der Waals surface area (Å²) in [5.41, 5.74) is 2.41. The van der Waals surface area contributed by atoms with E-state index < -0.39 is 19.9 Å². The number of sulfone groups is 1. The Balaban J connectivity index is 1.51. The largest absolute Gasteiger partial charge is 0.307 e. The molecule has 2 aromatic carbocycles. The highest BCUT2D eigenvalue weighted by atomic mass is 32.2. The zero-order valence-corrected chi connectivity index (χ0v) is 21.6. The number of nitrogens with one attached hydrogen (secondary N) is 1. The summed E-state index contributed by atoms with van der Waals surface area (Å²) in [5, 5.41) is -0.369. The molecule has 9 heteroatoms. The molecule has 188 valence electrons. The number of hydrogen-bond acceptors (Lipinski definition) is 5. The van der Waals surface area contributed by atoms with Crippen LogP contribution in [-0.2, 0) is 25.3 Å². The molecule has 1 spiro atoms. The van der Waals surface area contributed by atoms with Gasteiger partial charge in [-0.15, -0.1) is 0 Å². The number of sulfonamides is 1. The van der Waals surface area contributed by atoms with Crippen LogP contribution in [0.2, 0.25) is 0 Å². The Morgan fingerprint density at radius 1 is 0.943 bits per heavy atom. The number of amides is 1. The maximum Gasteiger partial charge on any atom is 0.258 e. The Labute approximate surface area is 207 Å². The van der Waals surface area contributed by atoms with Crippen molar-refractivity contribution in [3.8, 4) is 0 Å². The van der Waals surface area contributed by atoms with Crippen LogP contribution >= 0.6 is 0 Å². The summed E-state index contributed by atoms with van der Waals surface area (Å²) >= 11 is 0. The number of rotatable bonds is 5. The number of nitrogens with zero attached hydrogens (tertiary/aromatic N) is 1. The van der Waals surface area contributed by atoms with Crippen molar-refractivity contribution >= 4 is 37.1 Å². The molecule has 0 radical (unpaired) electrons. The molecule has 2 aromatic rings. The fraction of sp³-hybridized carbons (Fsp3) is 0.500. The average molecular weight is 517 g/mol. The summed E-state index contributed by atoms with van der Waals surface area (Å²) in [4.78, 5) is 15.7. The van der Waals surface area contributed by atoms with Crippen molar-refractivity contribution in [2.75, 3.05) is 22.4 Å². The van der Waals surface area contributed by atoms with Crippen molar-refractivity contribution < 1.29 is 21.6 Å². The smallest absolute Gasteiger partial charge is 0.258 e. The van der Waals surface area contributed by atoms with Crippen LogP contribution in [0, 0.1) is 0 Å². The minimum atomic E-state index is -3.46. The van der Waals surface area contributed by atoms with E-state index >= 15 is 0 Å². The van der Waals surface area contributed by atoms with Crippen molar-refractivity contribution in [2.24, 2.45) is 0 Å². The SMILES string of the molecule is CS(=O)(=O)Nc1ccc2c(c1)C1(CCCCC1)CN2C(=O)c1cccc(S(=O)(=O)C2CCCC2)c1. The molecule has 1 N–H and O–H groups in total. The molecule has 1 aliphatic heterocycles. The molecule has 3 aliphatic rings. The molecule has 2 fully saturated rings. The van der Waals surface area contributed by atoms with Crippen molar-refractivity contribution in [3.63, 3.8) is 0 Å². The van der Waals surface area contributed by atoms with Crippen LogP contribution in [0.3, 0.4) is 0 Å². The Kier molecular flexibility index (Phi) is 6.20. The second kappa shape index (κ2) is 8.92. The molecule has 2 aliphatic carbocycles. The van der Waals surface area contributed by atoms with Crippen LogP contribution in [0.4, 0.5) is 11.4 Å². The van der Waals surface area contributed by atoms with Gasteiger partial charge in [0.2, 0.25) is 10.0 Å². The minimum absolute atomic E-state index is 0.216. The first-order chi connectivity index (χ1) is 16.6. The van der Waals surface area contributed by atoms with Gasteiger partial charge in [-0.25, -0.2) is 16.8 Å². The van der Waals surface area contributed by atoms with Gasteiger partial charge in [-0.1, -0.05) is 38.2 Å². The third-order valence-electron chi connectivity index (χ3n) is 7.83. The summed E-state index contributed by atoms with van der Waals surface area (Å²) in [6.07, 6.45) is 9.44. The van der Waals surface area contributed by atoms with Crippen molar-refractivity contribution in [3.05, 3.63) is 53.6 Å². The highest BCUT2D eigenvalue weighted by molar-refractivity contribution is 7.92. The van der Waals surface area contributed by atoms with Gasteiger partial charge in [0.05, 0.1) is 16.4 Å². The van der Waals surface area contributed by atoms with Crippen LogP contribution < -0.4 is 9.62 Å². The molecular weight excluding hydrogens is 484 g/mol. The summed E-state index contributed by atoms with van der Waals surface area (Å²) in [5.74, 6) is -0.221. The molecule has 1 amide bonds. The van der Waals surface area contributed by atoms with Crippen molar-refractivity contribution in [1.82, 2.24) is 0 Å². The molecule has 1 heterocycles. The van der Waals surface area contributed by atoms with Gasteiger partial charge in [-0.3, -0.25) is 9.52 Å². The Morgan fingerprint density at radius 3 is 2.34 bits per heavy atom. The van der Waals surface area contributed by atoms with Crippen LogP contribution in [-0.4, -0.2) is 40.8 Å². The summed E-state index contributed by atoms with van der Waals surface area (Å²) in [6.45, 7) is 0.517. The van der Waals surface area contributed by atoms with Gasteiger partial charge in [0.25, 0.3) is 5.91 Å². The van der Waals surface area contributed by atoms with Gasteiger partial charge in [0, 0.05) is 28.9 Å². The van der Waals surface area contributed by atoms with Crippen LogP contribution in [0.25, 0.3) is 0 Å². The fourth-order valence-corrected chi connectivity index (χ4v) is 8.59. The van der Waals surface area contributed by atoms with E-state index in [0.717, 1.165) is 62.5 Å². The Morgan fingerprint density at radius 2 is 1.66 bits per heavy atom. The first kappa shape index (κ1) is 24.3. The molecule has 35 heavy (non-hydrogen) atoms. The van der Waals surface area contributed by atoms with Crippen molar-refractivity contribution in [2.45, 2.75) is 73.3 Å². The lowest BCUT2D eigenvalue weighted by molar-refractivity contribution is 0.0982. The molecule has 0 saturated heterocycles. The summed E-state index contributed by atoms with van der Waals surface area (Å²) in [6, 6.07) is 11.8. The molecule has 2 saturated carbocycles. The third-order valence-corrected chi connectivity index (χ3v) is 10.7. The maximum atomic E-state index is 13.8. The zero-order valence-electron chi connectivity index (χ0n) is 20.0. The van der Waals surface area contributed by atoms with Gasteiger partial charge >= 0.3 is 0 Å². The topological polar surface area (TPSA) is 101 Å². The predicted molar refractivity (Wildman–Crippen MR) is 137 cm³/mol. The quantitative estimate of drug-likeness (QED) is 0.624. The van der Waals surface area contributed by atoms with E-state index in [0.29, 0.717) is 30.6 Å². The van der Waals surface area contributed by atoms with E-state index in [-0.39, 0.29) is 21.5 Å². The predicted octanol–water partition coefficient (Wildman–Crippen LogP) is 4.64. The highest BCUT2D eigenvalue weighted by Crippen LogP contribution is 2.50. The standard InChI is InChI=1S/C26H32N2O5S2/c1-34(30,31)27-20-12-13-24-23(17-20)26(14-5-2-6-15-26)18-28(24)25(29)19-8-7-11-22(16-19)35(32,33)21-9-3-4-10-21/h7-8,11-13,16-17,21,27H,2-6,9-10,14-15,18H2,1H3. The van der Waals surface area contributed by atoms with E-state index in [4.69, 9.17) is 0 Å². The summed E-state index contributed by atoms with van der Waals surface area (Å²) < 4.78 is 52.5. The monoisotopic (exact) mass is 516 g/mol. The number of benzene rings is 2. The zero-order chi connectivity index (χ0) is 24.8. The van der Waals surface area contributed by atoms with Gasteiger partial charge in [0.1, 0.15) is 0 Å². The number of fused-ring (bicyclic) bond motifs is 2. The lowest BCUT2D eigenvalue weighted by Crippen LogP contribution is -2.38. The normalized spacial score (nSPS) is 20.2. The van der Waals surface area contributed by atoms with E-state index in [9.17, 15) is 21.6 Å². The van der Waals surface area contributed by atoms with Crippen LogP contribution in [0.5, 0.6) is 0 Å². The number of carbonyl (C=O) groups excluding carboxylic acids is 1. The molecular formula is C26H32N2O5S2. The second-order valence-corrected chi connectivity index (χ2v) is 14.3. The first-order valence-electron chi connectivity index (χ1n) is 12.4. The second-order valence-electron chi connectivity index (χ2n) is 10.3. The number of carbonyl (C=O) groups is 1. The van der Waals surface area contributed by atoms with Gasteiger partial charge in [0.15, 0.2) is 9.84 Å². The Hall–Kier alpha value is -2.39. The van der Waals surface area contributed by atoms with Gasteiger partial charge < -0.3 is 4.90 Å². The number of anilines is 2. The lowest BCUT2D eigenvalue weighted by Gasteiger charge is -2.34. The van der Waals surface area contributed by atoms with Crippen molar-refractivity contribution in [1.29, 1.82) is 0 Å². The molecule has 5 rings (SSSR count). The summed E-state index contributed by atoms with van der Waals surface area (Å²) in [7, 11) is -6.89. The highest BCUT2D eigenvalue weighted by Gasteiger charge is 2.45.